The maximum absolute atomic E-state index is 13.5. The summed E-state index contributed by atoms with van der Waals surface area (Å²) in [6, 6.07) is 17.6. The predicted molar refractivity (Wildman–Crippen MR) is 132 cm³/mol. The van der Waals surface area contributed by atoms with Crippen molar-refractivity contribution in [2.45, 2.75) is 44.9 Å². The SMILES string of the molecule is C=C(c1cc(C(C)(CCC)CNC(=O)OCc2ccccc2)cc(-c2ccc(F)cc2)n1)C(F)(F)F. The Balaban J connectivity index is 1.91. The minimum absolute atomic E-state index is 0.0939. The number of carbonyl (C=O) groups excluding carboxylic acids is 1. The Kier molecular flexibility index (Phi) is 8.50. The van der Waals surface area contributed by atoms with E-state index in [9.17, 15) is 22.4 Å². The van der Waals surface area contributed by atoms with Gasteiger partial charge in [0.25, 0.3) is 0 Å². The van der Waals surface area contributed by atoms with E-state index >= 15 is 0 Å². The highest BCUT2D eigenvalue weighted by Crippen LogP contribution is 2.37. The van der Waals surface area contributed by atoms with Crippen molar-refractivity contribution < 1.29 is 27.1 Å². The average Bonchev–Trinajstić information content (AvgIpc) is 2.86. The number of alkyl carbamates (subject to hydrolysis) is 1. The van der Waals surface area contributed by atoms with Gasteiger partial charge >= 0.3 is 12.3 Å². The molecule has 3 rings (SSSR count). The standard InChI is InChI=1S/C28H28F4N2O2/c1-4-14-27(3,18-33-26(35)36-17-20-8-6-5-7-9-20)22-15-24(19(2)28(30,31)32)34-25(16-22)21-10-12-23(29)13-11-21/h5-13,15-16H,2,4,14,17-18H2,1,3H3,(H,33,35). The Morgan fingerprint density at radius 1 is 1.06 bits per heavy atom. The van der Waals surface area contributed by atoms with E-state index in [1.54, 1.807) is 6.07 Å². The molecule has 3 aromatic rings. The van der Waals surface area contributed by atoms with Crippen LogP contribution in [0.1, 0.15) is 43.5 Å². The largest absolute Gasteiger partial charge is 0.445 e. The number of carbonyl (C=O) groups is 1. The third kappa shape index (κ3) is 6.93. The highest BCUT2D eigenvalue weighted by Gasteiger charge is 2.36. The fraction of sp³-hybridized carbons (Fsp3) is 0.286. The third-order valence-corrected chi connectivity index (χ3v) is 5.95. The number of hydrogen-bond donors (Lipinski definition) is 1. The molecule has 0 aliphatic rings. The van der Waals surface area contributed by atoms with Gasteiger partial charge in [0.15, 0.2) is 0 Å². The summed E-state index contributed by atoms with van der Waals surface area (Å²) in [5, 5.41) is 2.75. The molecular formula is C28H28F4N2O2. The number of pyridine rings is 1. The van der Waals surface area contributed by atoms with Crippen molar-refractivity contribution in [3.05, 3.63) is 95.9 Å². The fourth-order valence-electron chi connectivity index (χ4n) is 3.88. The number of nitrogens with one attached hydrogen (secondary N) is 1. The molecule has 2 aromatic carbocycles. The van der Waals surface area contributed by atoms with Gasteiger partial charge in [0.2, 0.25) is 0 Å². The van der Waals surface area contributed by atoms with Crippen LogP contribution in [0.2, 0.25) is 0 Å². The Morgan fingerprint density at radius 2 is 1.72 bits per heavy atom. The lowest BCUT2D eigenvalue weighted by atomic mass is 9.78. The van der Waals surface area contributed by atoms with Gasteiger partial charge in [-0.2, -0.15) is 13.2 Å². The van der Waals surface area contributed by atoms with E-state index in [2.05, 4.69) is 16.9 Å². The molecule has 190 valence electrons. The minimum atomic E-state index is -4.67. The number of aromatic nitrogens is 1. The van der Waals surface area contributed by atoms with Crippen LogP contribution in [0.3, 0.4) is 0 Å². The monoisotopic (exact) mass is 500 g/mol. The highest BCUT2D eigenvalue weighted by atomic mass is 19.4. The number of hydrogen-bond acceptors (Lipinski definition) is 3. The van der Waals surface area contributed by atoms with Gasteiger partial charge in [-0.1, -0.05) is 57.2 Å². The molecule has 36 heavy (non-hydrogen) atoms. The lowest BCUT2D eigenvalue weighted by Gasteiger charge is -2.31. The van der Waals surface area contributed by atoms with Crippen LogP contribution in [-0.4, -0.2) is 23.8 Å². The molecule has 1 unspecified atom stereocenters. The number of alkyl halides is 3. The molecule has 1 aromatic heterocycles. The number of amides is 1. The molecule has 1 N–H and O–H groups in total. The van der Waals surface area contributed by atoms with Crippen molar-refractivity contribution in [3.8, 4) is 11.3 Å². The maximum atomic E-state index is 13.5. The zero-order valence-electron chi connectivity index (χ0n) is 20.2. The van der Waals surface area contributed by atoms with Crippen LogP contribution in [0.4, 0.5) is 22.4 Å². The maximum Gasteiger partial charge on any atom is 0.417 e. The first-order valence-electron chi connectivity index (χ1n) is 11.5. The molecule has 1 heterocycles. The Hall–Kier alpha value is -3.68. The number of halogens is 4. The number of rotatable bonds is 9. The van der Waals surface area contributed by atoms with Crippen LogP contribution in [0, 0.1) is 5.82 Å². The third-order valence-electron chi connectivity index (χ3n) is 5.95. The molecule has 0 saturated heterocycles. The van der Waals surface area contributed by atoms with Crippen molar-refractivity contribution in [1.82, 2.24) is 10.3 Å². The first-order valence-corrected chi connectivity index (χ1v) is 11.5. The highest BCUT2D eigenvalue weighted by molar-refractivity contribution is 5.70. The normalized spacial score (nSPS) is 13.1. The summed E-state index contributed by atoms with van der Waals surface area (Å²) in [6.07, 6.45) is -4.03. The number of allylic oxidation sites excluding steroid dienone is 1. The number of nitrogens with zero attached hydrogens (tertiary/aromatic N) is 1. The van der Waals surface area contributed by atoms with E-state index in [1.807, 2.05) is 44.2 Å². The lowest BCUT2D eigenvalue weighted by Crippen LogP contribution is -2.39. The van der Waals surface area contributed by atoms with Gasteiger partial charge in [0.05, 0.1) is 17.0 Å². The quantitative estimate of drug-likeness (QED) is 0.311. The molecule has 8 heteroatoms. The van der Waals surface area contributed by atoms with Crippen LogP contribution in [-0.2, 0) is 16.8 Å². The lowest BCUT2D eigenvalue weighted by molar-refractivity contribution is -0.0689. The molecule has 4 nitrogen and oxygen atoms in total. The minimum Gasteiger partial charge on any atom is -0.445 e. The van der Waals surface area contributed by atoms with E-state index < -0.39 is 29.1 Å². The second-order valence-corrected chi connectivity index (χ2v) is 8.84. The zero-order valence-corrected chi connectivity index (χ0v) is 20.2. The molecule has 0 bridgehead atoms. The van der Waals surface area contributed by atoms with Crippen LogP contribution >= 0.6 is 0 Å². The topological polar surface area (TPSA) is 51.2 Å². The van der Waals surface area contributed by atoms with E-state index in [0.717, 1.165) is 5.56 Å². The molecule has 0 spiro atoms. The first kappa shape index (κ1) is 26.9. The molecule has 0 radical (unpaired) electrons. The molecular weight excluding hydrogens is 472 g/mol. The van der Waals surface area contributed by atoms with Crippen LogP contribution in [0.15, 0.2) is 73.3 Å². The molecule has 0 aliphatic heterocycles. The summed E-state index contributed by atoms with van der Waals surface area (Å²) in [5.74, 6) is -0.469. The van der Waals surface area contributed by atoms with Gasteiger partial charge in [0, 0.05) is 17.5 Å². The van der Waals surface area contributed by atoms with Gasteiger partial charge in [0.1, 0.15) is 12.4 Å². The number of benzene rings is 2. The van der Waals surface area contributed by atoms with Crippen molar-refractivity contribution in [2.24, 2.45) is 0 Å². The van der Waals surface area contributed by atoms with Gasteiger partial charge in [-0.15, -0.1) is 0 Å². The molecule has 1 atom stereocenters. The zero-order chi connectivity index (χ0) is 26.3. The summed E-state index contributed by atoms with van der Waals surface area (Å²) in [6.45, 7) is 7.23. The van der Waals surface area contributed by atoms with Crippen molar-refractivity contribution in [1.29, 1.82) is 0 Å². The average molecular weight is 501 g/mol. The Morgan fingerprint density at radius 3 is 2.33 bits per heavy atom. The van der Waals surface area contributed by atoms with Gasteiger partial charge in [-0.05, 0) is 53.9 Å². The summed E-state index contributed by atoms with van der Waals surface area (Å²) < 4.78 is 59.3. The smallest absolute Gasteiger partial charge is 0.417 e. The van der Waals surface area contributed by atoms with Crippen molar-refractivity contribution >= 4 is 11.7 Å². The van der Waals surface area contributed by atoms with Gasteiger partial charge in [-0.3, -0.25) is 0 Å². The van der Waals surface area contributed by atoms with E-state index in [0.29, 0.717) is 24.0 Å². The van der Waals surface area contributed by atoms with Crippen LogP contribution in [0.25, 0.3) is 16.8 Å². The Labute approximate surface area is 208 Å². The van der Waals surface area contributed by atoms with E-state index in [4.69, 9.17) is 4.74 Å². The van der Waals surface area contributed by atoms with Gasteiger partial charge in [-0.25, -0.2) is 14.2 Å². The Bertz CT molecular complexity index is 1190. The molecule has 0 saturated carbocycles. The van der Waals surface area contributed by atoms with Crippen LogP contribution < -0.4 is 5.32 Å². The van der Waals surface area contributed by atoms with Crippen molar-refractivity contribution in [2.75, 3.05) is 6.54 Å². The molecule has 1 amide bonds. The van der Waals surface area contributed by atoms with E-state index in [1.165, 1.54) is 30.3 Å². The second-order valence-electron chi connectivity index (χ2n) is 8.84. The predicted octanol–water partition coefficient (Wildman–Crippen LogP) is 7.45. The van der Waals surface area contributed by atoms with Crippen molar-refractivity contribution in [3.63, 3.8) is 0 Å². The first-order chi connectivity index (χ1) is 17.0. The van der Waals surface area contributed by atoms with E-state index in [-0.39, 0.29) is 24.5 Å². The van der Waals surface area contributed by atoms with Gasteiger partial charge < -0.3 is 10.1 Å². The summed E-state index contributed by atoms with van der Waals surface area (Å²) in [7, 11) is 0. The summed E-state index contributed by atoms with van der Waals surface area (Å²) in [4.78, 5) is 16.6. The van der Waals surface area contributed by atoms with Crippen LogP contribution in [0.5, 0.6) is 0 Å². The fourth-order valence-corrected chi connectivity index (χ4v) is 3.88. The summed E-state index contributed by atoms with van der Waals surface area (Å²) in [5.41, 5.74) is -0.0564. The second kappa shape index (κ2) is 11.4. The molecule has 0 aliphatic carbocycles. The summed E-state index contributed by atoms with van der Waals surface area (Å²) >= 11 is 0. The number of ether oxygens (including phenoxy) is 1. The molecule has 0 fully saturated rings.